The fraction of sp³-hybridized carbons (Fsp3) is 0.923. The minimum atomic E-state index is -0.119. The third-order valence-electron chi connectivity index (χ3n) is 3.70. The van der Waals surface area contributed by atoms with E-state index in [2.05, 4.69) is 18.7 Å². The minimum Gasteiger partial charge on any atom is -0.387 e. The Morgan fingerprint density at radius 2 is 1.75 bits per heavy atom. The summed E-state index contributed by atoms with van der Waals surface area (Å²) in [4.78, 5) is 2.57. The van der Waals surface area contributed by atoms with Crippen LogP contribution in [-0.2, 0) is 0 Å². The van der Waals surface area contributed by atoms with E-state index in [4.69, 9.17) is 11.1 Å². The van der Waals surface area contributed by atoms with E-state index < -0.39 is 0 Å². The van der Waals surface area contributed by atoms with Crippen molar-refractivity contribution in [1.29, 1.82) is 5.41 Å². The molecule has 0 aromatic heterocycles. The third kappa shape index (κ3) is 4.52. The topological polar surface area (TPSA) is 53.1 Å². The molecular weight excluding hydrogens is 198 g/mol. The molecule has 0 aromatic carbocycles. The largest absolute Gasteiger partial charge is 0.387 e. The van der Waals surface area contributed by atoms with Crippen molar-refractivity contribution in [3.05, 3.63) is 0 Å². The Bertz CT molecular complexity index is 215. The maximum Gasteiger partial charge on any atom is 0.0963 e. The van der Waals surface area contributed by atoms with Gasteiger partial charge in [0.25, 0.3) is 0 Å². The Balaban J connectivity index is 2.21. The van der Waals surface area contributed by atoms with Crippen LogP contribution in [0.1, 0.15) is 52.4 Å². The number of amidine groups is 1. The fourth-order valence-corrected chi connectivity index (χ4v) is 2.24. The van der Waals surface area contributed by atoms with Crippen molar-refractivity contribution in [1.82, 2.24) is 4.90 Å². The normalized spacial score (nSPS) is 19.4. The van der Waals surface area contributed by atoms with Gasteiger partial charge in [0, 0.05) is 5.41 Å². The van der Waals surface area contributed by atoms with Gasteiger partial charge in [0.2, 0.25) is 0 Å². The maximum atomic E-state index is 7.52. The summed E-state index contributed by atoms with van der Waals surface area (Å²) in [6.07, 6.45) is 7.70. The smallest absolute Gasteiger partial charge is 0.0963 e. The van der Waals surface area contributed by atoms with Crippen LogP contribution in [0.4, 0.5) is 0 Å². The standard InChI is InChI=1S/C13H27N3/c1-13(2,12(14)15)8-7-11-16-9-5-3-4-6-10-16/h3-11H2,1-2H3,(H3,14,15). The highest BCUT2D eigenvalue weighted by Crippen LogP contribution is 2.22. The first-order valence-electron chi connectivity index (χ1n) is 6.59. The van der Waals surface area contributed by atoms with E-state index in [0.29, 0.717) is 5.84 Å². The van der Waals surface area contributed by atoms with E-state index in [9.17, 15) is 0 Å². The van der Waals surface area contributed by atoms with E-state index in [0.717, 1.165) is 12.8 Å². The van der Waals surface area contributed by atoms with Crippen LogP contribution in [0.5, 0.6) is 0 Å². The molecule has 3 nitrogen and oxygen atoms in total. The quantitative estimate of drug-likeness (QED) is 0.558. The summed E-state index contributed by atoms with van der Waals surface area (Å²) < 4.78 is 0. The minimum absolute atomic E-state index is 0.119. The molecular formula is C13H27N3. The second kappa shape index (κ2) is 6.24. The molecule has 3 heteroatoms. The van der Waals surface area contributed by atoms with Crippen molar-refractivity contribution < 1.29 is 0 Å². The van der Waals surface area contributed by atoms with Crippen LogP contribution in [0.3, 0.4) is 0 Å². The number of nitrogens with one attached hydrogen (secondary N) is 1. The fourth-order valence-electron chi connectivity index (χ4n) is 2.24. The molecule has 1 fully saturated rings. The molecule has 1 aliphatic rings. The summed E-state index contributed by atoms with van der Waals surface area (Å²) in [6.45, 7) is 7.84. The SMILES string of the molecule is CC(C)(CCCN1CCCCCC1)C(=N)N. The lowest BCUT2D eigenvalue weighted by Crippen LogP contribution is -2.32. The van der Waals surface area contributed by atoms with Gasteiger partial charge >= 0.3 is 0 Å². The highest BCUT2D eigenvalue weighted by molar-refractivity contribution is 5.82. The van der Waals surface area contributed by atoms with Gasteiger partial charge in [0.15, 0.2) is 0 Å². The number of likely N-dealkylation sites (tertiary alicyclic amines) is 1. The predicted octanol–water partition coefficient (Wildman–Crippen LogP) is 2.60. The van der Waals surface area contributed by atoms with Crippen LogP contribution in [0.25, 0.3) is 0 Å². The van der Waals surface area contributed by atoms with Gasteiger partial charge in [0.1, 0.15) is 0 Å². The van der Waals surface area contributed by atoms with E-state index in [1.54, 1.807) is 0 Å². The number of hydrogen-bond acceptors (Lipinski definition) is 2. The van der Waals surface area contributed by atoms with Crippen molar-refractivity contribution in [2.24, 2.45) is 11.1 Å². The zero-order chi connectivity index (χ0) is 12.0. The predicted molar refractivity (Wildman–Crippen MR) is 69.8 cm³/mol. The summed E-state index contributed by atoms with van der Waals surface area (Å²) in [5.74, 6) is 0.323. The highest BCUT2D eigenvalue weighted by atomic mass is 15.1. The third-order valence-corrected chi connectivity index (χ3v) is 3.70. The Kier molecular flexibility index (Phi) is 5.26. The number of hydrogen-bond donors (Lipinski definition) is 2. The van der Waals surface area contributed by atoms with Crippen molar-refractivity contribution in [3.63, 3.8) is 0 Å². The molecule has 0 aromatic rings. The first-order valence-corrected chi connectivity index (χ1v) is 6.59. The van der Waals surface area contributed by atoms with Crippen molar-refractivity contribution >= 4 is 5.84 Å². The van der Waals surface area contributed by atoms with Gasteiger partial charge in [-0.15, -0.1) is 0 Å². The average Bonchev–Trinajstić information content (AvgIpc) is 2.46. The molecule has 1 rings (SSSR count). The summed E-state index contributed by atoms with van der Waals surface area (Å²) >= 11 is 0. The molecule has 0 radical (unpaired) electrons. The van der Waals surface area contributed by atoms with Crippen LogP contribution in [0.2, 0.25) is 0 Å². The first-order chi connectivity index (χ1) is 7.52. The van der Waals surface area contributed by atoms with E-state index >= 15 is 0 Å². The van der Waals surface area contributed by atoms with E-state index in [-0.39, 0.29) is 5.41 Å². The highest BCUT2D eigenvalue weighted by Gasteiger charge is 2.21. The lowest BCUT2D eigenvalue weighted by atomic mass is 9.86. The monoisotopic (exact) mass is 225 g/mol. The van der Waals surface area contributed by atoms with Crippen LogP contribution < -0.4 is 5.73 Å². The van der Waals surface area contributed by atoms with Crippen LogP contribution in [-0.4, -0.2) is 30.4 Å². The van der Waals surface area contributed by atoms with Crippen molar-refractivity contribution in [3.8, 4) is 0 Å². The molecule has 0 unspecified atom stereocenters. The van der Waals surface area contributed by atoms with Crippen molar-refractivity contribution in [2.45, 2.75) is 52.4 Å². The Morgan fingerprint density at radius 3 is 2.25 bits per heavy atom. The molecule has 1 aliphatic heterocycles. The molecule has 0 aliphatic carbocycles. The second-order valence-electron chi connectivity index (χ2n) is 5.66. The zero-order valence-electron chi connectivity index (χ0n) is 10.9. The van der Waals surface area contributed by atoms with Crippen LogP contribution in [0, 0.1) is 10.8 Å². The van der Waals surface area contributed by atoms with E-state index in [1.807, 2.05) is 0 Å². The van der Waals surface area contributed by atoms with Gasteiger partial charge in [-0.2, -0.15) is 0 Å². The van der Waals surface area contributed by atoms with Gasteiger partial charge in [-0.25, -0.2) is 0 Å². The molecule has 16 heavy (non-hydrogen) atoms. The lowest BCUT2D eigenvalue weighted by Gasteiger charge is -2.25. The van der Waals surface area contributed by atoms with E-state index in [1.165, 1.54) is 45.3 Å². The summed E-state index contributed by atoms with van der Waals surface area (Å²) in [6, 6.07) is 0. The number of nitrogens with two attached hydrogens (primary N) is 1. The van der Waals surface area contributed by atoms with Crippen LogP contribution >= 0.6 is 0 Å². The second-order valence-corrected chi connectivity index (χ2v) is 5.66. The average molecular weight is 225 g/mol. The molecule has 0 saturated carbocycles. The van der Waals surface area contributed by atoms with Gasteiger partial charge in [0.05, 0.1) is 5.84 Å². The molecule has 0 bridgehead atoms. The molecule has 0 spiro atoms. The Hall–Kier alpha value is -0.570. The molecule has 1 saturated heterocycles. The lowest BCUT2D eigenvalue weighted by molar-refractivity contribution is 0.267. The number of nitrogens with zero attached hydrogens (tertiary/aromatic N) is 1. The zero-order valence-corrected chi connectivity index (χ0v) is 10.9. The molecule has 94 valence electrons. The van der Waals surface area contributed by atoms with Gasteiger partial charge in [-0.05, 0) is 45.3 Å². The number of rotatable bonds is 5. The summed E-state index contributed by atoms with van der Waals surface area (Å²) in [5, 5.41) is 7.52. The van der Waals surface area contributed by atoms with Crippen LogP contribution in [0.15, 0.2) is 0 Å². The van der Waals surface area contributed by atoms with Gasteiger partial charge in [-0.3, -0.25) is 5.41 Å². The van der Waals surface area contributed by atoms with Crippen molar-refractivity contribution in [2.75, 3.05) is 19.6 Å². The van der Waals surface area contributed by atoms with Gasteiger partial charge < -0.3 is 10.6 Å². The summed E-state index contributed by atoms with van der Waals surface area (Å²) in [7, 11) is 0. The molecule has 0 amide bonds. The molecule has 0 atom stereocenters. The Labute approximate surface area is 99.9 Å². The molecule has 1 heterocycles. The summed E-state index contributed by atoms with van der Waals surface area (Å²) in [5.41, 5.74) is 5.46. The first kappa shape index (κ1) is 13.5. The van der Waals surface area contributed by atoms with Gasteiger partial charge in [-0.1, -0.05) is 26.7 Å². The maximum absolute atomic E-state index is 7.52. The molecule has 3 N–H and O–H groups in total. The Morgan fingerprint density at radius 1 is 1.19 bits per heavy atom.